The van der Waals surface area contributed by atoms with Crippen LogP contribution in [0.3, 0.4) is 0 Å². The van der Waals surface area contributed by atoms with Gasteiger partial charge in [0.25, 0.3) is 5.91 Å². The second kappa shape index (κ2) is 13.0. The van der Waals surface area contributed by atoms with Gasteiger partial charge in [0.15, 0.2) is 6.61 Å². The molecule has 0 bridgehead atoms. The van der Waals surface area contributed by atoms with E-state index in [1.807, 2.05) is 75.4 Å². The zero-order chi connectivity index (χ0) is 25.2. The van der Waals surface area contributed by atoms with E-state index in [4.69, 9.17) is 16.3 Å². The summed E-state index contributed by atoms with van der Waals surface area (Å²) in [6.07, 6.45) is 1.21. The molecule has 184 valence electrons. The van der Waals surface area contributed by atoms with Gasteiger partial charge in [-0.3, -0.25) is 9.59 Å². The summed E-state index contributed by atoms with van der Waals surface area (Å²) in [4.78, 5) is 28.7. The number of ether oxygens (including phenoxy) is 1. The normalized spacial score (nSPS) is 12.5. The highest BCUT2D eigenvalue weighted by atomic mass is 35.5. The van der Waals surface area contributed by atoms with Crippen LogP contribution in [0.15, 0.2) is 78.9 Å². The number of amides is 2. The van der Waals surface area contributed by atoms with E-state index in [2.05, 4.69) is 5.32 Å². The number of hydrogen-bond donors (Lipinski definition) is 1. The number of carbonyl (C=O) groups is 2. The molecule has 3 aromatic carbocycles. The van der Waals surface area contributed by atoms with Crippen LogP contribution in [0.1, 0.15) is 37.0 Å². The molecule has 35 heavy (non-hydrogen) atoms. The van der Waals surface area contributed by atoms with Crippen LogP contribution in [-0.2, 0) is 22.6 Å². The molecular formula is C29H33ClN2O3. The topological polar surface area (TPSA) is 58.6 Å². The molecule has 6 heteroatoms. The Morgan fingerprint density at radius 2 is 1.66 bits per heavy atom. The molecule has 0 heterocycles. The van der Waals surface area contributed by atoms with Crippen molar-refractivity contribution in [2.45, 2.75) is 52.2 Å². The molecule has 0 radical (unpaired) electrons. The number of aryl methyl sites for hydroxylation is 1. The maximum atomic E-state index is 13.6. The first-order chi connectivity index (χ1) is 16.9. The molecule has 0 aliphatic heterocycles. The summed E-state index contributed by atoms with van der Waals surface area (Å²) in [5.41, 5.74) is 3.03. The van der Waals surface area contributed by atoms with Crippen LogP contribution in [0.5, 0.6) is 5.75 Å². The van der Waals surface area contributed by atoms with Gasteiger partial charge in [-0.1, -0.05) is 78.7 Å². The Morgan fingerprint density at radius 1 is 0.971 bits per heavy atom. The van der Waals surface area contributed by atoms with Gasteiger partial charge in [-0.25, -0.2) is 0 Å². The SMILES string of the molecule is CC[C@H](C)NC(=O)[C@@H](Cc1ccccc1)N(Cc1cccc(C)c1)C(=O)COc1ccc(Cl)cc1. The summed E-state index contributed by atoms with van der Waals surface area (Å²) in [6.45, 7) is 6.11. The quantitative estimate of drug-likeness (QED) is 0.380. The molecule has 2 amide bonds. The van der Waals surface area contributed by atoms with Gasteiger partial charge in [-0.2, -0.15) is 0 Å². The predicted molar refractivity (Wildman–Crippen MR) is 141 cm³/mol. The molecule has 0 spiro atoms. The fraction of sp³-hybridized carbons (Fsp3) is 0.310. The Morgan fingerprint density at radius 3 is 2.31 bits per heavy atom. The largest absolute Gasteiger partial charge is 0.484 e. The number of nitrogens with one attached hydrogen (secondary N) is 1. The fourth-order valence-corrected chi connectivity index (χ4v) is 3.89. The number of halogens is 1. The van der Waals surface area contributed by atoms with Gasteiger partial charge >= 0.3 is 0 Å². The smallest absolute Gasteiger partial charge is 0.261 e. The number of carbonyl (C=O) groups excluding carboxylic acids is 2. The first kappa shape index (κ1) is 26.3. The van der Waals surface area contributed by atoms with Gasteiger partial charge in [-0.05, 0) is 55.7 Å². The van der Waals surface area contributed by atoms with Crippen molar-refractivity contribution < 1.29 is 14.3 Å². The summed E-state index contributed by atoms with van der Waals surface area (Å²) < 4.78 is 5.77. The highest BCUT2D eigenvalue weighted by molar-refractivity contribution is 6.30. The Balaban J connectivity index is 1.90. The van der Waals surface area contributed by atoms with Crippen molar-refractivity contribution in [3.8, 4) is 5.75 Å². The molecule has 0 aliphatic carbocycles. The summed E-state index contributed by atoms with van der Waals surface area (Å²) in [6, 6.07) is 23.9. The lowest BCUT2D eigenvalue weighted by atomic mass is 10.0. The monoisotopic (exact) mass is 492 g/mol. The van der Waals surface area contributed by atoms with Crippen molar-refractivity contribution >= 4 is 23.4 Å². The first-order valence-corrected chi connectivity index (χ1v) is 12.3. The van der Waals surface area contributed by atoms with E-state index in [1.165, 1.54) is 0 Å². The van der Waals surface area contributed by atoms with Gasteiger partial charge in [0, 0.05) is 24.0 Å². The van der Waals surface area contributed by atoms with Crippen molar-refractivity contribution in [1.82, 2.24) is 10.2 Å². The summed E-state index contributed by atoms with van der Waals surface area (Å²) in [5, 5.41) is 3.67. The van der Waals surface area contributed by atoms with Crippen molar-refractivity contribution in [2.24, 2.45) is 0 Å². The third-order valence-electron chi connectivity index (χ3n) is 5.88. The van der Waals surface area contributed by atoms with Crippen molar-refractivity contribution in [2.75, 3.05) is 6.61 Å². The van der Waals surface area contributed by atoms with Crippen LogP contribution in [0.25, 0.3) is 0 Å². The molecular weight excluding hydrogens is 460 g/mol. The third kappa shape index (κ3) is 8.15. The molecule has 0 fully saturated rings. The van der Waals surface area contributed by atoms with E-state index in [1.54, 1.807) is 29.2 Å². The fourth-order valence-electron chi connectivity index (χ4n) is 3.76. The van der Waals surface area contributed by atoms with Gasteiger partial charge in [0.05, 0.1) is 0 Å². The maximum absolute atomic E-state index is 13.6. The van der Waals surface area contributed by atoms with Crippen LogP contribution >= 0.6 is 11.6 Å². The zero-order valence-electron chi connectivity index (χ0n) is 20.5. The highest BCUT2D eigenvalue weighted by Gasteiger charge is 2.31. The number of rotatable bonds is 11. The molecule has 3 rings (SSSR count). The zero-order valence-corrected chi connectivity index (χ0v) is 21.3. The number of hydrogen-bond acceptors (Lipinski definition) is 3. The molecule has 0 saturated heterocycles. The minimum absolute atomic E-state index is 0.00186. The summed E-state index contributed by atoms with van der Waals surface area (Å²) >= 11 is 5.96. The van der Waals surface area contributed by atoms with Crippen LogP contribution < -0.4 is 10.1 Å². The van der Waals surface area contributed by atoms with E-state index >= 15 is 0 Å². The Kier molecular flexibility index (Phi) is 9.74. The Bertz CT molecular complexity index is 1100. The summed E-state index contributed by atoms with van der Waals surface area (Å²) in [5.74, 6) is 0.110. The lowest BCUT2D eigenvalue weighted by Crippen LogP contribution is -2.53. The van der Waals surface area contributed by atoms with E-state index in [0.717, 1.165) is 23.1 Å². The first-order valence-electron chi connectivity index (χ1n) is 11.9. The highest BCUT2D eigenvalue weighted by Crippen LogP contribution is 2.18. The number of benzene rings is 3. The van der Waals surface area contributed by atoms with E-state index in [-0.39, 0.29) is 24.5 Å². The maximum Gasteiger partial charge on any atom is 0.261 e. The molecule has 0 unspecified atom stereocenters. The van der Waals surface area contributed by atoms with E-state index in [0.29, 0.717) is 23.7 Å². The molecule has 0 aromatic heterocycles. The van der Waals surface area contributed by atoms with Crippen molar-refractivity contribution in [3.63, 3.8) is 0 Å². The molecule has 1 N–H and O–H groups in total. The van der Waals surface area contributed by atoms with Gasteiger partial charge in [0.2, 0.25) is 5.91 Å². The molecule has 5 nitrogen and oxygen atoms in total. The lowest BCUT2D eigenvalue weighted by Gasteiger charge is -2.32. The number of nitrogens with zero attached hydrogens (tertiary/aromatic N) is 1. The van der Waals surface area contributed by atoms with Crippen molar-refractivity contribution in [1.29, 1.82) is 0 Å². The lowest BCUT2D eigenvalue weighted by molar-refractivity contribution is -0.143. The van der Waals surface area contributed by atoms with Crippen LogP contribution in [0, 0.1) is 6.92 Å². The molecule has 0 aliphatic rings. The van der Waals surface area contributed by atoms with Crippen LogP contribution in [-0.4, -0.2) is 35.4 Å². The second-order valence-electron chi connectivity index (χ2n) is 8.78. The summed E-state index contributed by atoms with van der Waals surface area (Å²) in [7, 11) is 0. The molecule has 3 aromatic rings. The predicted octanol–water partition coefficient (Wildman–Crippen LogP) is 5.58. The van der Waals surface area contributed by atoms with Gasteiger partial charge < -0.3 is 15.0 Å². The average Bonchev–Trinajstić information content (AvgIpc) is 2.86. The standard InChI is InChI=1S/C29H33ClN2O3/c1-4-22(3)31-29(34)27(18-23-10-6-5-7-11-23)32(19-24-12-8-9-21(2)17-24)28(33)20-35-26-15-13-25(30)14-16-26/h5-17,22,27H,4,18-20H2,1-3H3,(H,31,34)/t22-,27+/m0/s1. The minimum atomic E-state index is -0.687. The van der Waals surface area contributed by atoms with Crippen LogP contribution in [0.2, 0.25) is 5.02 Å². The Hall–Kier alpha value is -3.31. The molecule has 0 saturated carbocycles. The van der Waals surface area contributed by atoms with E-state index in [9.17, 15) is 9.59 Å². The minimum Gasteiger partial charge on any atom is -0.484 e. The van der Waals surface area contributed by atoms with Gasteiger partial charge in [0.1, 0.15) is 11.8 Å². The second-order valence-corrected chi connectivity index (χ2v) is 9.21. The van der Waals surface area contributed by atoms with Crippen LogP contribution in [0.4, 0.5) is 0 Å². The van der Waals surface area contributed by atoms with Gasteiger partial charge in [-0.15, -0.1) is 0 Å². The van der Waals surface area contributed by atoms with E-state index < -0.39 is 6.04 Å². The third-order valence-corrected chi connectivity index (χ3v) is 6.14. The molecule has 2 atom stereocenters. The Labute approximate surface area is 213 Å². The average molecular weight is 493 g/mol. The van der Waals surface area contributed by atoms with Crippen molar-refractivity contribution in [3.05, 3.63) is 101 Å².